The first-order chi connectivity index (χ1) is 13.3. The molecule has 0 aliphatic rings. The van der Waals surface area contributed by atoms with Gasteiger partial charge in [-0.05, 0) is 33.4 Å². The van der Waals surface area contributed by atoms with E-state index in [4.69, 9.17) is 4.74 Å². The van der Waals surface area contributed by atoms with E-state index in [1.54, 1.807) is 16.9 Å². The second-order valence-electron chi connectivity index (χ2n) is 5.88. The summed E-state index contributed by atoms with van der Waals surface area (Å²) in [7, 11) is 0. The first-order valence-electron chi connectivity index (χ1n) is 8.20. The molecule has 0 amide bonds. The average Bonchev–Trinajstić information content (AvgIpc) is 3.27. The van der Waals surface area contributed by atoms with E-state index in [0.29, 0.717) is 5.82 Å². The topological polar surface area (TPSA) is 65.2 Å². The van der Waals surface area contributed by atoms with Crippen molar-refractivity contribution in [2.24, 2.45) is 0 Å². The van der Waals surface area contributed by atoms with E-state index in [2.05, 4.69) is 48.3 Å². The van der Waals surface area contributed by atoms with Gasteiger partial charge in [0, 0.05) is 27.8 Å². The molecular weight excluding hydrogens is 426 g/mol. The van der Waals surface area contributed by atoms with Gasteiger partial charge in [-0.2, -0.15) is 9.61 Å². The van der Waals surface area contributed by atoms with Gasteiger partial charge in [0.2, 0.25) is 4.96 Å². The summed E-state index contributed by atoms with van der Waals surface area (Å²) in [5.41, 5.74) is 0.931. The number of aromatic nitrogens is 5. The monoisotopic (exact) mass is 437 g/mol. The van der Waals surface area contributed by atoms with Gasteiger partial charge in [-0.25, -0.2) is 0 Å². The molecular formula is C19H12BrN5OS. The van der Waals surface area contributed by atoms with Crippen LogP contribution in [0.2, 0.25) is 0 Å². The second-order valence-corrected chi connectivity index (χ2v) is 7.75. The van der Waals surface area contributed by atoms with Crippen molar-refractivity contribution in [1.82, 2.24) is 24.8 Å². The lowest BCUT2D eigenvalue weighted by atomic mass is 10.1. The van der Waals surface area contributed by atoms with E-state index in [1.165, 1.54) is 11.3 Å². The summed E-state index contributed by atoms with van der Waals surface area (Å²) >= 11 is 4.90. The molecule has 5 aromatic rings. The maximum Gasteiger partial charge on any atom is 0.235 e. The van der Waals surface area contributed by atoms with Crippen LogP contribution in [-0.2, 0) is 6.61 Å². The summed E-state index contributed by atoms with van der Waals surface area (Å²) in [6.45, 7) is 0.287. The molecule has 6 nitrogen and oxygen atoms in total. The molecule has 0 saturated carbocycles. The van der Waals surface area contributed by atoms with Crippen molar-refractivity contribution < 1.29 is 4.74 Å². The Balaban J connectivity index is 1.45. The van der Waals surface area contributed by atoms with Gasteiger partial charge in [0.1, 0.15) is 17.4 Å². The Morgan fingerprint density at radius 3 is 2.85 bits per heavy atom. The molecule has 27 heavy (non-hydrogen) atoms. The zero-order chi connectivity index (χ0) is 18.2. The molecule has 0 aliphatic heterocycles. The number of ether oxygens (including phenoxy) is 1. The lowest BCUT2D eigenvalue weighted by molar-refractivity contribution is 0.296. The minimum absolute atomic E-state index is 0.287. The molecule has 0 fully saturated rings. The Bertz CT molecular complexity index is 1260. The molecule has 5 rings (SSSR count). The standard InChI is InChI=1S/C19H12BrN5OS/c20-14-8-13(9-21-10-14)18-24-25-17(22-23-19(25)27-18)11-26-16-7-3-5-12-4-1-2-6-15(12)16/h1-10H,11H2. The maximum atomic E-state index is 6.03. The molecule has 132 valence electrons. The highest BCUT2D eigenvalue weighted by molar-refractivity contribution is 9.10. The van der Waals surface area contributed by atoms with Crippen molar-refractivity contribution in [2.75, 3.05) is 0 Å². The molecule has 0 spiro atoms. The van der Waals surface area contributed by atoms with E-state index in [1.807, 2.05) is 36.4 Å². The number of hydrogen-bond donors (Lipinski definition) is 0. The molecule has 0 unspecified atom stereocenters. The number of pyridine rings is 1. The Morgan fingerprint density at radius 1 is 1.04 bits per heavy atom. The van der Waals surface area contributed by atoms with Crippen molar-refractivity contribution in [2.45, 2.75) is 6.61 Å². The van der Waals surface area contributed by atoms with Gasteiger partial charge in [0.25, 0.3) is 0 Å². The summed E-state index contributed by atoms with van der Waals surface area (Å²) in [6.07, 6.45) is 3.52. The number of benzene rings is 2. The Hall–Kier alpha value is -2.84. The number of hydrogen-bond acceptors (Lipinski definition) is 6. The second kappa shape index (κ2) is 6.71. The number of fused-ring (bicyclic) bond motifs is 2. The molecule has 3 heterocycles. The first kappa shape index (κ1) is 16.3. The predicted octanol–water partition coefficient (Wildman–Crippen LogP) is 4.74. The van der Waals surface area contributed by atoms with Gasteiger partial charge in [-0.3, -0.25) is 4.98 Å². The van der Waals surface area contributed by atoms with E-state index < -0.39 is 0 Å². The molecule has 2 aromatic carbocycles. The largest absolute Gasteiger partial charge is 0.485 e. The third-order valence-corrected chi connectivity index (χ3v) is 5.50. The fraction of sp³-hybridized carbons (Fsp3) is 0.0526. The Kier molecular flexibility index (Phi) is 4.06. The number of nitrogens with zero attached hydrogens (tertiary/aromatic N) is 5. The zero-order valence-electron chi connectivity index (χ0n) is 13.9. The SMILES string of the molecule is Brc1cncc(-c2nn3c(COc4cccc5ccccc45)nnc3s2)c1. The summed E-state index contributed by atoms with van der Waals surface area (Å²) in [6, 6.07) is 16.1. The van der Waals surface area contributed by atoms with Crippen LogP contribution >= 0.6 is 27.3 Å². The number of rotatable bonds is 4. The number of halogens is 1. The van der Waals surface area contributed by atoms with Crippen LogP contribution < -0.4 is 4.74 Å². The van der Waals surface area contributed by atoms with Crippen LogP contribution in [0.25, 0.3) is 26.3 Å². The van der Waals surface area contributed by atoms with Gasteiger partial charge >= 0.3 is 0 Å². The summed E-state index contributed by atoms with van der Waals surface area (Å²) in [5.74, 6) is 1.47. The van der Waals surface area contributed by atoms with Gasteiger partial charge in [0.05, 0.1) is 0 Å². The molecule has 0 bridgehead atoms. The highest BCUT2D eigenvalue weighted by Gasteiger charge is 2.14. The van der Waals surface area contributed by atoms with Crippen molar-refractivity contribution in [3.05, 3.63) is 71.2 Å². The molecule has 0 saturated heterocycles. The van der Waals surface area contributed by atoms with Crippen molar-refractivity contribution in [3.63, 3.8) is 0 Å². The smallest absolute Gasteiger partial charge is 0.235 e. The molecule has 0 aliphatic carbocycles. The van der Waals surface area contributed by atoms with E-state index in [-0.39, 0.29) is 6.61 Å². The quantitative estimate of drug-likeness (QED) is 0.406. The fourth-order valence-corrected chi connectivity index (χ4v) is 4.06. The highest BCUT2D eigenvalue weighted by Crippen LogP contribution is 2.28. The van der Waals surface area contributed by atoms with Crippen LogP contribution in [0, 0.1) is 0 Å². The third-order valence-electron chi connectivity index (χ3n) is 4.11. The minimum Gasteiger partial charge on any atom is -0.485 e. The van der Waals surface area contributed by atoms with Crippen LogP contribution in [0.15, 0.2) is 65.4 Å². The van der Waals surface area contributed by atoms with Crippen molar-refractivity contribution in [1.29, 1.82) is 0 Å². The maximum absolute atomic E-state index is 6.03. The van der Waals surface area contributed by atoms with Gasteiger partial charge in [0.15, 0.2) is 5.82 Å². The Labute approximate surface area is 166 Å². The summed E-state index contributed by atoms with van der Waals surface area (Å²) in [4.78, 5) is 4.92. The van der Waals surface area contributed by atoms with E-state index in [9.17, 15) is 0 Å². The van der Waals surface area contributed by atoms with E-state index in [0.717, 1.165) is 36.5 Å². The van der Waals surface area contributed by atoms with Gasteiger partial charge < -0.3 is 4.74 Å². The van der Waals surface area contributed by atoms with E-state index >= 15 is 0 Å². The fourth-order valence-electron chi connectivity index (χ4n) is 2.86. The van der Waals surface area contributed by atoms with Crippen molar-refractivity contribution >= 4 is 43.0 Å². The lowest BCUT2D eigenvalue weighted by Crippen LogP contribution is -2.02. The first-order valence-corrected chi connectivity index (χ1v) is 9.81. The van der Waals surface area contributed by atoms with Crippen LogP contribution in [-0.4, -0.2) is 24.8 Å². The molecule has 0 N–H and O–H groups in total. The van der Waals surface area contributed by atoms with Crippen LogP contribution in [0.5, 0.6) is 5.75 Å². The highest BCUT2D eigenvalue weighted by atomic mass is 79.9. The van der Waals surface area contributed by atoms with Gasteiger partial charge in [-0.15, -0.1) is 10.2 Å². The minimum atomic E-state index is 0.287. The van der Waals surface area contributed by atoms with Crippen LogP contribution in [0.1, 0.15) is 5.82 Å². The zero-order valence-corrected chi connectivity index (χ0v) is 16.3. The molecule has 0 radical (unpaired) electrons. The third kappa shape index (κ3) is 3.07. The predicted molar refractivity (Wildman–Crippen MR) is 108 cm³/mol. The molecule has 3 aromatic heterocycles. The summed E-state index contributed by atoms with van der Waals surface area (Å²) < 4.78 is 8.66. The average molecular weight is 438 g/mol. The Morgan fingerprint density at radius 2 is 1.93 bits per heavy atom. The van der Waals surface area contributed by atoms with Gasteiger partial charge in [-0.1, -0.05) is 47.7 Å². The van der Waals surface area contributed by atoms with Crippen LogP contribution in [0.3, 0.4) is 0 Å². The lowest BCUT2D eigenvalue weighted by Gasteiger charge is -2.07. The molecule has 0 atom stereocenters. The summed E-state index contributed by atoms with van der Waals surface area (Å²) in [5, 5.41) is 16.1. The van der Waals surface area contributed by atoms with Crippen LogP contribution in [0.4, 0.5) is 0 Å². The normalized spacial score (nSPS) is 11.3. The molecule has 8 heteroatoms. The van der Waals surface area contributed by atoms with Crippen molar-refractivity contribution in [3.8, 4) is 16.3 Å².